The van der Waals surface area contributed by atoms with Gasteiger partial charge in [0.15, 0.2) is 0 Å². The fourth-order valence-corrected chi connectivity index (χ4v) is 3.88. The highest BCUT2D eigenvalue weighted by molar-refractivity contribution is 9.10. The molecule has 1 aliphatic carbocycles. The Bertz CT molecular complexity index is 462. The predicted octanol–water partition coefficient (Wildman–Crippen LogP) is 2.20. The van der Waals surface area contributed by atoms with E-state index in [4.69, 9.17) is 0 Å². The molecule has 2 fully saturated rings. The molecule has 1 amide bonds. The molecular formula is C14H18BrN3O. The molecule has 5 heteroatoms. The number of hydrogen-bond acceptors (Lipinski definition) is 3. The normalized spacial score (nSPS) is 33.3. The molecular weight excluding hydrogens is 306 g/mol. The van der Waals surface area contributed by atoms with Crippen LogP contribution in [0.2, 0.25) is 0 Å². The summed E-state index contributed by atoms with van der Waals surface area (Å²) in [6.07, 6.45) is 4.84. The Hall–Kier alpha value is -1.10. The van der Waals surface area contributed by atoms with Gasteiger partial charge in [0.25, 0.3) is 0 Å². The number of anilines is 1. The van der Waals surface area contributed by atoms with E-state index in [2.05, 4.69) is 44.1 Å². The molecule has 0 spiro atoms. The quantitative estimate of drug-likeness (QED) is 0.867. The van der Waals surface area contributed by atoms with E-state index in [-0.39, 0.29) is 5.54 Å². The zero-order valence-electron chi connectivity index (χ0n) is 11.0. The topological polar surface area (TPSA) is 45.2 Å². The summed E-state index contributed by atoms with van der Waals surface area (Å²) in [5.74, 6) is 2.40. The fraction of sp³-hybridized carbons (Fsp3) is 0.571. The summed E-state index contributed by atoms with van der Waals surface area (Å²) < 4.78 is 1.01. The molecule has 0 aromatic carbocycles. The van der Waals surface area contributed by atoms with Crippen LogP contribution in [-0.2, 0) is 4.79 Å². The summed E-state index contributed by atoms with van der Waals surface area (Å²) in [6, 6.07) is 4.10. The van der Waals surface area contributed by atoms with Crippen molar-refractivity contribution in [2.75, 3.05) is 18.0 Å². The second kappa shape index (κ2) is 4.78. The maximum absolute atomic E-state index is 10.7. The van der Waals surface area contributed by atoms with Gasteiger partial charge >= 0.3 is 0 Å². The van der Waals surface area contributed by atoms with Gasteiger partial charge in [-0.25, -0.2) is 4.98 Å². The molecule has 4 nitrogen and oxygen atoms in total. The molecule has 19 heavy (non-hydrogen) atoms. The standard InChI is InChI=1S/C14H18BrN3O/c1-14(17-9-19)4-10-7-18(8-11(10)5-14)13-3-2-12(15)6-16-13/h2-3,6,9-11H,4-5,7-8H2,1H3,(H,17,19)/t10-,11+,14?. The van der Waals surface area contributed by atoms with Gasteiger partial charge in [-0.2, -0.15) is 0 Å². The second-order valence-corrected chi connectivity index (χ2v) is 6.91. The number of nitrogens with zero attached hydrogens (tertiary/aromatic N) is 2. The Morgan fingerprint density at radius 3 is 2.63 bits per heavy atom. The highest BCUT2D eigenvalue weighted by atomic mass is 79.9. The van der Waals surface area contributed by atoms with E-state index < -0.39 is 0 Å². The molecule has 102 valence electrons. The highest BCUT2D eigenvalue weighted by Gasteiger charge is 2.46. The Morgan fingerprint density at radius 2 is 2.11 bits per heavy atom. The third-order valence-corrected chi connectivity index (χ3v) is 4.91. The lowest BCUT2D eigenvalue weighted by molar-refractivity contribution is -0.111. The van der Waals surface area contributed by atoms with Gasteiger partial charge in [-0.15, -0.1) is 0 Å². The zero-order valence-corrected chi connectivity index (χ0v) is 12.6. The first kappa shape index (κ1) is 12.9. The maximum atomic E-state index is 10.7. The minimum Gasteiger partial charge on any atom is -0.356 e. The molecule has 3 atom stereocenters. The SMILES string of the molecule is CC1(NC=O)C[C@H]2CN(c3ccc(Br)cn3)C[C@H]2C1. The van der Waals surface area contributed by atoms with Gasteiger partial charge in [0.1, 0.15) is 5.82 Å². The van der Waals surface area contributed by atoms with E-state index in [0.29, 0.717) is 11.8 Å². The van der Waals surface area contributed by atoms with Crippen molar-refractivity contribution in [3.8, 4) is 0 Å². The average molecular weight is 324 g/mol. The van der Waals surface area contributed by atoms with Crippen molar-refractivity contribution in [2.24, 2.45) is 11.8 Å². The number of rotatable bonds is 3. The Morgan fingerprint density at radius 1 is 1.42 bits per heavy atom. The summed E-state index contributed by atoms with van der Waals surface area (Å²) in [7, 11) is 0. The Kier molecular flexibility index (Phi) is 3.25. The highest BCUT2D eigenvalue weighted by Crippen LogP contribution is 2.44. The van der Waals surface area contributed by atoms with Gasteiger partial charge in [0, 0.05) is 29.3 Å². The van der Waals surface area contributed by atoms with Crippen LogP contribution in [0.15, 0.2) is 22.8 Å². The lowest BCUT2D eigenvalue weighted by atomic mass is 9.98. The molecule has 1 N–H and O–H groups in total. The van der Waals surface area contributed by atoms with Crippen LogP contribution in [0.25, 0.3) is 0 Å². The number of carbonyl (C=O) groups excluding carboxylic acids is 1. The smallest absolute Gasteiger partial charge is 0.207 e. The molecule has 0 bridgehead atoms. The van der Waals surface area contributed by atoms with E-state index in [1.54, 1.807) is 0 Å². The van der Waals surface area contributed by atoms with Crippen molar-refractivity contribution in [3.63, 3.8) is 0 Å². The lowest BCUT2D eigenvalue weighted by Gasteiger charge is -2.26. The van der Waals surface area contributed by atoms with Crippen molar-refractivity contribution >= 4 is 28.2 Å². The number of amides is 1. The molecule has 1 unspecified atom stereocenters. The van der Waals surface area contributed by atoms with Crippen LogP contribution >= 0.6 is 15.9 Å². The van der Waals surface area contributed by atoms with E-state index in [1.165, 1.54) is 0 Å². The molecule has 1 aliphatic heterocycles. The van der Waals surface area contributed by atoms with Crippen LogP contribution in [-0.4, -0.2) is 30.0 Å². The zero-order chi connectivity index (χ0) is 13.5. The molecule has 1 aromatic heterocycles. The number of nitrogens with one attached hydrogen (secondary N) is 1. The summed E-state index contributed by atoms with van der Waals surface area (Å²) in [6.45, 7) is 4.26. The van der Waals surface area contributed by atoms with Crippen molar-refractivity contribution in [2.45, 2.75) is 25.3 Å². The molecule has 1 saturated carbocycles. The summed E-state index contributed by atoms with van der Waals surface area (Å²) in [5.41, 5.74) is -0.00365. The van der Waals surface area contributed by atoms with Crippen LogP contribution in [0.4, 0.5) is 5.82 Å². The van der Waals surface area contributed by atoms with Crippen molar-refractivity contribution in [1.29, 1.82) is 0 Å². The number of carbonyl (C=O) groups is 1. The van der Waals surface area contributed by atoms with Crippen molar-refractivity contribution < 1.29 is 4.79 Å². The number of hydrogen-bond donors (Lipinski definition) is 1. The van der Waals surface area contributed by atoms with Crippen molar-refractivity contribution in [1.82, 2.24) is 10.3 Å². The predicted molar refractivity (Wildman–Crippen MR) is 78.0 cm³/mol. The van der Waals surface area contributed by atoms with E-state index in [0.717, 1.165) is 42.6 Å². The Balaban J connectivity index is 1.68. The molecule has 1 aromatic rings. The first-order valence-electron chi connectivity index (χ1n) is 6.67. The number of halogens is 1. The monoisotopic (exact) mass is 323 g/mol. The Labute approximate surface area is 121 Å². The third kappa shape index (κ3) is 2.48. The number of aromatic nitrogens is 1. The van der Waals surface area contributed by atoms with Crippen LogP contribution in [0.3, 0.4) is 0 Å². The van der Waals surface area contributed by atoms with Gasteiger partial charge < -0.3 is 10.2 Å². The van der Waals surface area contributed by atoms with Crippen LogP contribution in [0, 0.1) is 11.8 Å². The largest absolute Gasteiger partial charge is 0.356 e. The second-order valence-electron chi connectivity index (χ2n) is 5.99. The van der Waals surface area contributed by atoms with Crippen LogP contribution < -0.4 is 10.2 Å². The number of pyridine rings is 1. The van der Waals surface area contributed by atoms with E-state index in [1.807, 2.05) is 12.3 Å². The third-order valence-electron chi connectivity index (χ3n) is 4.45. The summed E-state index contributed by atoms with van der Waals surface area (Å²) >= 11 is 3.41. The van der Waals surface area contributed by atoms with E-state index >= 15 is 0 Å². The maximum Gasteiger partial charge on any atom is 0.207 e. The lowest BCUT2D eigenvalue weighted by Crippen LogP contribution is -2.40. The molecule has 2 heterocycles. The van der Waals surface area contributed by atoms with Crippen molar-refractivity contribution in [3.05, 3.63) is 22.8 Å². The van der Waals surface area contributed by atoms with E-state index in [9.17, 15) is 4.79 Å². The van der Waals surface area contributed by atoms with Gasteiger partial charge in [-0.05, 0) is 59.7 Å². The minimum absolute atomic E-state index is 0.00365. The average Bonchev–Trinajstić information content (AvgIpc) is 2.85. The van der Waals surface area contributed by atoms with Crippen LogP contribution in [0.1, 0.15) is 19.8 Å². The number of fused-ring (bicyclic) bond motifs is 1. The minimum atomic E-state index is -0.00365. The fourth-order valence-electron chi connectivity index (χ4n) is 3.64. The first-order chi connectivity index (χ1) is 9.09. The molecule has 0 radical (unpaired) electrons. The molecule has 3 rings (SSSR count). The molecule has 1 saturated heterocycles. The van der Waals surface area contributed by atoms with Gasteiger partial charge in [-0.1, -0.05) is 0 Å². The van der Waals surface area contributed by atoms with Gasteiger partial charge in [-0.3, -0.25) is 4.79 Å². The summed E-state index contributed by atoms with van der Waals surface area (Å²) in [5, 5.41) is 2.99. The first-order valence-corrected chi connectivity index (χ1v) is 7.47. The molecule has 2 aliphatic rings. The summed E-state index contributed by atoms with van der Waals surface area (Å²) in [4.78, 5) is 17.5. The van der Waals surface area contributed by atoms with Crippen LogP contribution in [0.5, 0.6) is 0 Å². The van der Waals surface area contributed by atoms with Gasteiger partial charge in [0.2, 0.25) is 6.41 Å². The van der Waals surface area contributed by atoms with Gasteiger partial charge in [0.05, 0.1) is 0 Å².